The van der Waals surface area contributed by atoms with Crippen LogP contribution in [0.2, 0.25) is 0 Å². The molecule has 38 heavy (non-hydrogen) atoms. The summed E-state index contributed by atoms with van der Waals surface area (Å²) in [4.78, 5) is 27.0. The van der Waals surface area contributed by atoms with Crippen molar-refractivity contribution >= 4 is 45.6 Å². The Balaban J connectivity index is 1.60. The first-order chi connectivity index (χ1) is 18.5. The Morgan fingerprint density at radius 1 is 0.895 bits per heavy atom. The van der Waals surface area contributed by atoms with Gasteiger partial charge in [0.1, 0.15) is 4.21 Å². The van der Waals surface area contributed by atoms with Crippen LogP contribution in [0.4, 0.5) is 0 Å². The third-order valence-electron chi connectivity index (χ3n) is 6.25. The van der Waals surface area contributed by atoms with Gasteiger partial charge in [0.15, 0.2) is 12.4 Å². The maximum atomic E-state index is 13.7. The molecule has 0 radical (unpaired) electrons. The second-order valence-corrected chi connectivity index (χ2v) is 11.2. The van der Waals surface area contributed by atoms with Crippen LogP contribution in [-0.4, -0.2) is 18.4 Å². The highest BCUT2D eigenvalue weighted by Gasteiger charge is 2.31. The van der Waals surface area contributed by atoms with Crippen LogP contribution in [0.3, 0.4) is 0 Å². The van der Waals surface area contributed by atoms with E-state index in [2.05, 4.69) is 30.3 Å². The molecule has 0 atom stereocenters. The van der Waals surface area contributed by atoms with Gasteiger partial charge >= 0.3 is 5.97 Å². The molecule has 5 rings (SSSR count). The second kappa shape index (κ2) is 11.8. The molecule has 0 amide bonds. The van der Waals surface area contributed by atoms with Crippen molar-refractivity contribution in [3.63, 3.8) is 0 Å². The van der Waals surface area contributed by atoms with Gasteiger partial charge in [-0.3, -0.25) is 9.59 Å². The van der Waals surface area contributed by atoms with E-state index in [1.165, 1.54) is 27.7 Å². The highest BCUT2D eigenvalue weighted by molar-refractivity contribution is 8.00. The number of ether oxygens (including phenoxy) is 1. The van der Waals surface area contributed by atoms with Crippen LogP contribution in [0.1, 0.15) is 38.8 Å². The molecule has 0 aliphatic heterocycles. The average Bonchev–Trinajstić information content (AvgIpc) is 3.30. The normalized spacial score (nSPS) is 11.0. The van der Waals surface area contributed by atoms with Crippen LogP contribution in [0.5, 0.6) is 0 Å². The van der Waals surface area contributed by atoms with Crippen LogP contribution < -0.4 is 4.57 Å². The minimum atomic E-state index is -0.340. The molecule has 0 saturated heterocycles. The Kier molecular flexibility index (Phi) is 8.01. The Labute approximate surface area is 230 Å². The third kappa shape index (κ3) is 5.72. The summed E-state index contributed by atoms with van der Waals surface area (Å²) < 4.78 is 8.32. The predicted octanol–water partition coefficient (Wildman–Crippen LogP) is 7.12. The number of hydrogen-bond donors (Lipinski definition) is 0. The number of thioether (sulfide) groups is 1. The number of thiophene rings is 1. The molecule has 2 aromatic heterocycles. The number of carbonyl (C=O) groups is 2. The lowest BCUT2D eigenvalue weighted by Crippen LogP contribution is -2.31. The Morgan fingerprint density at radius 2 is 1.61 bits per heavy atom. The molecule has 0 aliphatic carbocycles. The van der Waals surface area contributed by atoms with Crippen LogP contribution in [0, 0.1) is 6.92 Å². The van der Waals surface area contributed by atoms with E-state index >= 15 is 0 Å². The SMILES string of the molecule is CCOC(=O)Cc1c(C(=O)c2ccccc2)sc(SCc2ccc3ccccc3c2)c1-[n+]1ccc(C)cc1. The van der Waals surface area contributed by atoms with Crippen molar-refractivity contribution in [2.75, 3.05) is 6.61 Å². The number of esters is 1. The molecular weight excluding hydrogens is 510 g/mol. The highest BCUT2D eigenvalue weighted by atomic mass is 32.2. The van der Waals surface area contributed by atoms with Crippen molar-refractivity contribution in [3.05, 3.63) is 124 Å². The first kappa shape index (κ1) is 25.9. The fourth-order valence-corrected chi connectivity index (χ4v) is 6.86. The maximum Gasteiger partial charge on any atom is 0.310 e. The van der Waals surface area contributed by atoms with E-state index in [0.29, 0.717) is 22.6 Å². The van der Waals surface area contributed by atoms with Gasteiger partial charge in [-0.2, -0.15) is 4.57 Å². The highest BCUT2D eigenvalue weighted by Crippen LogP contribution is 2.40. The van der Waals surface area contributed by atoms with Crippen molar-refractivity contribution < 1.29 is 18.9 Å². The predicted molar refractivity (Wildman–Crippen MR) is 154 cm³/mol. The van der Waals surface area contributed by atoms with E-state index < -0.39 is 0 Å². The fourth-order valence-electron chi connectivity index (χ4n) is 4.34. The summed E-state index contributed by atoms with van der Waals surface area (Å²) in [7, 11) is 0. The summed E-state index contributed by atoms with van der Waals surface area (Å²) in [6, 6.07) is 28.1. The molecule has 0 aliphatic rings. The summed E-state index contributed by atoms with van der Waals surface area (Å²) in [5.41, 5.74) is 4.51. The Hall–Kier alpha value is -3.74. The molecular formula is C32H28NO3S2+. The van der Waals surface area contributed by atoms with Gasteiger partial charge in [0.05, 0.1) is 23.5 Å². The number of fused-ring (bicyclic) bond motifs is 1. The number of aromatic nitrogens is 1. The Bertz CT molecular complexity index is 1590. The van der Waals surface area contributed by atoms with Gasteiger partial charge < -0.3 is 4.74 Å². The molecule has 0 spiro atoms. The molecule has 0 fully saturated rings. The van der Waals surface area contributed by atoms with Crippen molar-refractivity contribution in [3.8, 4) is 5.69 Å². The zero-order chi connectivity index (χ0) is 26.5. The molecule has 0 bridgehead atoms. The lowest BCUT2D eigenvalue weighted by molar-refractivity contribution is -0.598. The van der Waals surface area contributed by atoms with Crippen molar-refractivity contribution in [2.24, 2.45) is 0 Å². The number of benzene rings is 3. The molecule has 5 aromatic rings. The van der Waals surface area contributed by atoms with E-state index in [4.69, 9.17) is 4.74 Å². The summed E-state index contributed by atoms with van der Waals surface area (Å²) >= 11 is 3.14. The zero-order valence-corrected chi connectivity index (χ0v) is 23.0. The first-order valence-corrected chi connectivity index (χ1v) is 14.3. The molecule has 6 heteroatoms. The molecule has 0 N–H and O–H groups in total. The van der Waals surface area contributed by atoms with Gasteiger partial charge in [0, 0.05) is 23.4 Å². The maximum absolute atomic E-state index is 13.7. The van der Waals surface area contributed by atoms with Crippen LogP contribution in [0.15, 0.2) is 102 Å². The summed E-state index contributed by atoms with van der Waals surface area (Å²) in [5, 5.41) is 2.41. The van der Waals surface area contributed by atoms with Crippen molar-refractivity contribution in [1.82, 2.24) is 0 Å². The number of carbonyl (C=O) groups excluding carboxylic acids is 2. The molecule has 190 valence electrons. The molecule has 3 aromatic carbocycles. The largest absolute Gasteiger partial charge is 0.466 e. The third-order valence-corrected chi connectivity index (χ3v) is 8.81. The van der Waals surface area contributed by atoms with E-state index in [1.54, 1.807) is 18.7 Å². The van der Waals surface area contributed by atoms with E-state index in [-0.39, 0.29) is 18.2 Å². The number of rotatable bonds is 9. The van der Waals surface area contributed by atoms with E-state index in [0.717, 1.165) is 21.2 Å². The van der Waals surface area contributed by atoms with Crippen LogP contribution >= 0.6 is 23.1 Å². The number of hydrogen-bond acceptors (Lipinski definition) is 5. The van der Waals surface area contributed by atoms with Crippen molar-refractivity contribution in [2.45, 2.75) is 30.2 Å². The minimum Gasteiger partial charge on any atom is -0.466 e. The standard InChI is InChI=1S/C32H28NO3S2/c1-3-36-28(34)20-27-29(33-17-15-22(2)16-18-33)32(38-31(27)30(35)25-10-5-4-6-11-25)37-21-23-13-14-24-9-7-8-12-26(24)19-23/h4-19H,3,20-21H2,1-2H3/q+1. The number of pyridine rings is 1. The smallest absolute Gasteiger partial charge is 0.310 e. The number of ketones is 1. The van der Waals surface area contributed by atoms with Gasteiger partial charge in [-0.25, -0.2) is 0 Å². The topological polar surface area (TPSA) is 47.3 Å². The number of nitrogens with zero attached hydrogens (tertiary/aromatic N) is 1. The van der Waals surface area contributed by atoms with Crippen LogP contribution in [-0.2, 0) is 21.7 Å². The molecule has 0 saturated carbocycles. The second-order valence-electron chi connectivity index (χ2n) is 8.98. The summed E-state index contributed by atoms with van der Waals surface area (Å²) in [6.45, 7) is 4.13. The number of aryl methyl sites for hydroxylation is 1. The van der Waals surface area contributed by atoms with Gasteiger partial charge in [0.2, 0.25) is 11.5 Å². The molecule has 4 nitrogen and oxygen atoms in total. The van der Waals surface area contributed by atoms with E-state index in [1.807, 2.05) is 78.5 Å². The van der Waals surface area contributed by atoms with Gasteiger partial charge in [-0.1, -0.05) is 72.8 Å². The summed E-state index contributed by atoms with van der Waals surface area (Å²) in [5.74, 6) is 0.316. The van der Waals surface area contributed by atoms with Gasteiger partial charge in [0.25, 0.3) is 0 Å². The lowest BCUT2D eigenvalue weighted by atomic mass is 10.0. The van der Waals surface area contributed by atoms with Crippen molar-refractivity contribution in [1.29, 1.82) is 0 Å². The fraction of sp³-hybridized carbons (Fsp3) is 0.156. The minimum absolute atomic E-state index is 0.0327. The monoisotopic (exact) mass is 538 g/mol. The van der Waals surface area contributed by atoms with E-state index in [9.17, 15) is 9.59 Å². The lowest BCUT2D eigenvalue weighted by Gasteiger charge is -2.06. The zero-order valence-electron chi connectivity index (χ0n) is 21.3. The molecule has 0 unspecified atom stereocenters. The van der Waals surface area contributed by atoms with Gasteiger partial charge in [-0.15, -0.1) is 23.1 Å². The van der Waals surface area contributed by atoms with Gasteiger partial charge in [-0.05, 0) is 35.7 Å². The van der Waals surface area contributed by atoms with Crippen LogP contribution in [0.25, 0.3) is 16.5 Å². The average molecular weight is 539 g/mol. The summed E-state index contributed by atoms with van der Waals surface area (Å²) in [6.07, 6.45) is 4.01. The quantitative estimate of drug-likeness (QED) is 0.0868. The first-order valence-electron chi connectivity index (χ1n) is 12.5. The Morgan fingerprint density at radius 3 is 2.34 bits per heavy atom. The molecule has 2 heterocycles.